The molecule has 1 aliphatic rings. The normalized spacial score (nSPS) is 24.3. The Morgan fingerprint density at radius 1 is 0.833 bits per heavy atom. The molecule has 0 heterocycles. The fraction of sp³-hybridized carbons (Fsp3) is 0.600. The molecule has 0 N–H and O–H groups in total. The second kappa shape index (κ2) is 5.96. The summed E-state index contributed by atoms with van der Waals surface area (Å²) in [5, 5.41) is 0. The molecule has 2 atom stereocenters. The molecule has 0 radical (unpaired) electrons. The summed E-state index contributed by atoms with van der Waals surface area (Å²) >= 11 is 0. The molecule has 0 aliphatic heterocycles. The molecular weight excluding hydrogens is 280 g/mol. The first-order valence-electron chi connectivity index (χ1n) is 5.21. The molecule has 1 aliphatic carbocycles. The average Bonchev–Trinajstić information content (AvgIpc) is 2.22. The number of hydrogen-bond donors (Lipinski definition) is 0. The molecule has 104 valence electrons. The van der Waals surface area contributed by atoms with Crippen molar-refractivity contribution in [2.75, 3.05) is 25.7 Å². The van der Waals surface area contributed by atoms with E-state index < -0.39 is 20.2 Å². The molecule has 6 nitrogen and oxygen atoms in total. The topological polar surface area (TPSA) is 86.7 Å². The number of allylic oxidation sites excluding steroid dienone is 2. The van der Waals surface area contributed by atoms with Gasteiger partial charge in [-0.25, -0.2) is 0 Å². The van der Waals surface area contributed by atoms with E-state index in [1.165, 1.54) is 0 Å². The van der Waals surface area contributed by atoms with Crippen LogP contribution in [0.25, 0.3) is 0 Å². The molecule has 0 fully saturated rings. The molecular formula is C10H16O6S2. The summed E-state index contributed by atoms with van der Waals surface area (Å²) in [6, 6.07) is 0. The smallest absolute Gasteiger partial charge is 0.264 e. The lowest BCUT2D eigenvalue weighted by molar-refractivity contribution is 0.200. The largest absolute Gasteiger partial charge is 0.270 e. The van der Waals surface area contributed by atoms with Crippen LogP contribution < -0.4 is 0 Å². The Balaban J connectivity index is 2.59. The summed E-state index contributed by atoms with van der Waals surface area (Å²) in [5.74, 6) is -0.460. The van der Waals surface area contributed by atoms with Gasteiger partial charge in [0.1, 0.15) is 0 Å². The molecule has 0 aromatic rings. The van der Waals surface area contributed by atoms with Gasteiger partial charge in [-0.1, -0.05) is 24.3 Å². The molecule has 1 rings (SSSR count). The van der Waals surface area contributed by atoms with Gasteiger partial charge in [-0.05, 0) is 0 Å². The maximum Gasteiger partial charge on any atom is 0.264 e. The molecule has 18 heavy (non-hydrogen) atoms. The monoisotopic (exact) mass is 296 g/mol. The molecule has 0 amide bonds. The van der Waals surface area contributed by atoms with Gasteiger partial charge < -0.3 is 0 Å². The molecule has 0 saturated heterocycles. The minimum absolute atomic E-state index is 0.0303. The van der Waals surface area contributed by atoms with Gasteiger partial charge in [0, 0.05) is 11.8 Å². The molecule has 0 spiro atoms. The Labute approximate surface area is 108 Å². The van der Waals surface area contributed by atoms with E-state index in [0.29, 0.717) is 0 Å². The van der Waals surface area contributed by atoms with Crippen LogP contribution in [0, 0.1) is 11.8 Å². The van der Waals surface area contributed by atoms with Gasteiger partial charge in [0.2, 0.25) is 0 Å². The minimum atomic E-state index is -3.51. The lowest BCUT2D eigenvalue weighted by Gasteiger charge is -2.22. The van der Waals surface area contributed by atoms with Crippen molar-refractivity contribution in [2.24, 2.45) is 11.8 Å². The Morgan fingerprint density at radius 3 is 1.44 bits per heavy atom. The first-order valence-corrected chi connectivity index (χ1v) is 8.84. The van der Waals surface area contributed by atoms with Crippen molar-refractivity contribution in [3.63, 3.8) is 0 Å². The molecule has 0 saturated carbocycles. The summed E-state index contributed by atoms with van der Waals surface area (Å²) < 4.78 is 53.1. The minimum Gasteiger partial charge on any atom is -0.270 e. The SMILES string of the molecule is CS(=O)(=O)OC[C@H]1C=CC=C[C@H]1COS(C)(=O)=O. The van der Waals surface area contributed by atoms with Gasteiger partial charge in [0.25, 0.3) is 20.2 Å². The van der Waals surface area contributed by atoms with E-state index in [4.69, 9.17) is 8.37 Å². The molecule has 0 aromatic heterocycles. The third-order valence-corrected chi connectivity index (χ3v) is 3.46. The van der Waals surface area contributed by atoms with E-state index in [1.807, 2.05) is 0 Å². The summed E-state index contributed by atoms with van der Waals surface area (Å²) in [7, 11) is -7.01. The first-order chi connectivity index (χ1) is 8.17. The fourth-order valence-corrected chi connectivity index (χ4v) is 2.27. The van der Waals surface area contributed by atoms with Gasteiger partial charge in [0.15, 0.2) is 0 Å². The lowest BCUT2D eigenvalue weighted by Crippen LogP contribution is -2.25. The fourth-order valence-electron chi connectivity index (χ4n) is 1.46. The quantitative estimate of drug-likeness (QED) is 0.655. The predicted molar refractivity (Wildman–Crippen MR) is 66.9 cm³/mol. The van der Waals surface area contributed by atoms with Crippen molar-refractivity contribution >= 4 is 20.2 Å². The Hall–Kier alpha value is -0.700. The number of rotatable bonds is 6. The van der Waals surface area contributed by atoms with Crippen LogP contribution in [0.4, 0.5) is 0 Å². The second-order valence-electron chi connectivity index (χ2n) is 4.07. The Bertz CT molecular complexity index is 479. The van der Waals surface area contributed by atoms with Crippen LogP contribution in [-0.2, 0) is 28.6 Å². The third kappa shape index (κ3) is 6.29. The Morgan fingerprint density at radius 2 is 1.17 bits per heavy atom. The highest BCUT2D eigenvalue weighted by Crippen LogP contribution is 2.21. The van der Waals surface area contributed by atoms with Crippen molar-refractivity contribution in [1.29, 1.82) is 0 Å². The van der Waals surface area contributed by atoms with Crippen LogP contribution in [-0.4, -0.2) is 42.6 Å². The van der Waals surface area contributed by atoms with Gasteiger partial charge in [-0.15, -0.1) is 0 Å². The number of hydrogen-bond acceptors (Lipinski definition) is 6. The van der Waals surface area contributed by atoms with E-state index in [-0.39, 0.29) is 25.0 Å². The van der Waals surface area contributed by atoms with Crippen molar-refractivity contribution in [1.82, 2.24) is 0 Å². The van der Waals surface area contributed by atoms with Crippen molar-refractivity contribution in [3.05, 3.63) is 24.3 Å². The molecule has 0 unspecified atom stereocenters. The zero-order valence-corrected chi connectivity index (χ0v) is 11.8. The zero-order valence-electron chi connectivity index (χ0n) is 10.1. The van der Waals surface area contributed by atoms with Gasteiger partial charge in [0.05, 0.1) is 25.7 Å². The Kier molecular flexibility index (Phi) is 5.09. The van der Waals surface area contributed by atoms with Crippen LogP contribution in [0.2, 0.25) is 0 Å². The van der Waals surface area contributed by atoms with Crippen LogP contribution in [0.3, 0.4) is 0 Å². The highest BCUT2D eigenvalue weighted by atomic mass is 32.2. The van der Waals surface area contributed by atoms with E-state index >= 15 is 0 Å². The second-order valence-corrected chi connectivity index (χ2v) is 7.36. The maximum atomic E-state index is 10.9. The predicted octanol–water partition coefficient (Wildman–Crippen LogP) is 0.297. The van der Waals surface area contributed by atoms with E-state index in [2.05, 4.69) is 0 Å². The highest BCUT2D eigenvalue weighted by molar-refractivity contribution is 7.86. The lowest BCUT2D eigenvalue weighted by atomic mass is 9.90. The molecule has 0 bridgehead atoms. The maximum absolute atomic E-state index is 10.9. The summed E-state index contributed by atoms with van der Waals surface area (Å²) in [6.07, 6.45) is 8.98. The molecule has 8 heteroatoms. The van der Waals surface area contributed by atoms with Gasteiger partial charge in [-0.3, -0.25) is 8.37 Å². The molecule has 0 aromatic carbocycles. The first kappa shape index (κ1) is 15.4. The zero-order chi connectivity index (χ0) is 13.8. The van der Waals surface area contributed by atoms with Crippen LogP contribution in [0.1, 0.15) is 0 Å². The van der Waals surface area contributed by atoms with Crippen molar-refractivity contribution in [2.45, 2.75) is 0 Å². The average molecular weight is 296 g/mol. The van der Waals surface area contributed by atoms with Crippen molar-refractivity contribution < 1.29 is 25.2 Å². The van der Waals surface area contributed by atoms with Crippen LogP contribution in [0.5, 0.6) is 0 Å². The summed E-state index contributed by atoms with van der Waals surface area (Å²) in [4.78, 5) is 0. The van der Waals surface area contributed by atoms with Gasteiger partial charge in [-0.2, -0.15) is 16.8 Å². The highest BCUT2D eigenvalue weighted by Gasteiger charge is 2.22. The summed E-state index contributed by atoms with van der Waals surface area (Å²) in [5.41, 5.74) is 0. The third-order valence-electron chi connectivity index (χ3n) is 2.33. The van der Waals surface area contributed by atoms with Crippen LogP contribution in [0.15, 0.2) is 24.3 Å². The standard InChI is InChI=1S/C10H16O6S2/c1-17(11,12)15-7-9-5-3-4-6-10(9)8-16-18(2,13)14/h3-6,9-10H,7-8H2,1-2H3/t9-,10+. The van der Waals surface area contributed by atoms with E-state index in [0.717, 1.165) is 12.5 Å². The van der Waals surface area contributed by atoms with Gasteiger partial charge >= 0.3 is 0 Å². The van der Waals surface area contributed by atoms with E-state index in [1.54, 1.807) is 24.3 Å². The summed E-state index contributed by atoms with van der Waals surface area (Å²) in [6.45, 7) is -0.0606. The van der Waals surface area contributed by atoms with Crippen molar-refractivity contribution in [3.8, 4) is 0 Å². The van der Waals surface area contributed by atoms with Crippen LogP contribution >= 0.6 is 0 Å². The van der Waals surface area contributed by atoms with E-state index in [9.17, 15) is 16.8 Å².